The third-order valence-electron chi connectivity index (χ3n) is 13.0. The monoisotopic (exact) mass is 1180 g/mol. The Morgan fingerprint density at radius 2 is 1.04 bits per heavy atom. The molecule has 2 aromatic heterocycles. The van der Waals surface area contributed by atoms with Crippen LogP contribution >= 0.6 is 0 Å². The molecule has 0 amide bonds. The molecule has 1 aliphatic rings. The molecule has 3 heterocycles. The third kappa shape index (κ3) is 8.87. The number of benzene rings is 10. The number of aromatic nitrogens is 2. The van der Waals surface area contributed by atoms with Crippen molar-refractivity contribution < 1.29 is 53.2 Å². The molecule has 10 aromatic carbocycles. The average molecular weight is 1180 g/mol. The molecule has 12 aromatic rings. The Kier molecular flexibility index (Phi) is 8.11. The standard InChI is InChI=1S/C70H51N4O.Pt/c1-70(2,3)53-40-41-71-67(44-53)74-63-35-17-16-30-61(63)62-39-38-55(46-66(62)74)75-56-43-52(68-57(48-22-8-4-9-23-48)31-20-32-58(68)49-24-10-5-11-25-49)42-54(45-56)72-47-73(65-37-19-18-36-64(65)72)69-59(50-26-12-6-13-27-50)33-21-34-60(69)51-28-14-7-15-29-51;/h4-44,47H,1-3H3;/q-3;/i4D,5D,6D,7D,8D,9D,10D,11D,12D,13D,14D,15D,22D,23D,24D,25D,26D,27D,28D,29D;. The number of fused-ring (bicyclic) bond motifs is 4. The van der Waals surface area contributed by atoms with Crippen LogP contribution in [-0.2, 0) is 26.5 Å². The van der Waals surface area contributed by atoms with Crippen molar-refractivity contribution in [3.05, 3.63) is 273 Å². The van der Waals surface area contributed by atoms with Gasteiger partial charge in [-0.25, -0.2) is 4.98 Å². The second kappa shape index (κ2) is 20.2. The van der Waals surface area contributed by atoms with Gasteiger partial charge in [-0.1, -0.05) is 214 Å². The van der Waals surface area contributed by atoms with Crippen LogP contribution in [0.15, 0.2) is 248 Å². The molecule has 0 aliphatic carbocycles. The minimum Gasteiger partial charge on any atom is -0.509 e. The summed E-state index contributed by atoms with van der Waals surface area (Å²) in [6, 6.07) is 28.4. The van der Waals surface area contributed by atoms with Gasteiger partial charge >= 0.3 is 0 Å². The van der Waals surface area contributed by atoms with E-state index in [9.17, 15) is 11.0 Å². The fraction of sp³-hybridized carbons (Fsp3) is 0.0571. The van der Waals surface area contributed by atoms with Crippen LogP contribution in [0.2, 0.25) is 0 Å². The molecule has 13 rings (SSSR count). The van der Waals surface area contributed by atoms with Crippen LogP contribution in [0.25, 0.3) is 83.3 Å². The van der Waals surface area contributed by atoms with E-state index in [0.29, 0.717) is 22.7 Å². The molecule has 0 spiro atoms. The predicted molar refractivity (Wildman–Crippen MR) is 310 cm³/mol. The van der Waals surface area contributed by atoms with E-state index in [1.165, 1.54) is 36.4 Å². The van der Waals surface area contributed by atoms with Crippen molar-refractivity contribution in [2.45, 2.75) is 26.2 Å². The largest absolute Gasteiger partial charge is 0.509 e. The topological polar surface area (TPSA) is 33.5 Å². The van der Waals surface area contributed by atoms with Crippen molar-refractivity contribution in [1.29, 1.82) is 0 Å². The van der Waals surface area contributed by atoms with E-state index < -0.39 is 121 Å². The molecule has 1 aliphatic heterocycles. The van der Waals surface area contributed by atoms with Crippen LogP contribution in [0.5, 0.6) is 11.5 Å². The first-order chi connectivity index (χ1) is 45.1. The Hall–Kier alpha value is -8.76. The summed E-state index contributed by atoms with van der Waals surface area (Å²) in [4.78, 5) is 8.07. The van der Waals surface area contributed by atoms with Crippen molar-refractivity contribution in [2.24, 2.45) is 0 Å². The van der Waals surface area contributed by atoms with Gasteiger partial charge in [0, 0.05) is 72.5 Å². The molecule has 0 fully saturated rings. The van der Waals surface area contributed by atoms with E-state index in [0.717, 1.165) is 21.9 Å². The molecule has 76 heavy (non-hydrogen) atoms. The first kappa shape index (κ1) is 30.6. The third-order valence-corrected chi connectivity index (χ3v) is 13.0. The summed E-state index contributed by atoms with van der Waals surface area (Å²) in [6.45, 7) is 7.87. The van der Waals surface area contributed by atoms with E-state index in [4.69, 9.17) is 26.2 Å². The van der Waals surface area contributed by atoms with E-state index in [-0.39, 0.29) is 105 Å². The van der Waals surface area contributed by atoms with Gasteiger partial charge in [0.1, 0.15) is 5.82 Å². The Balaban J connectivity index is 0.00000881. The summed E-state index contributed by atoms with van der Waals surface area (Å²) in [5, 5.41) is 1.70. The van der Waals surface area contributed by atoms with Gasteiger partial charge in [-0.2, -0.15) is 6.07 Å². The average Bonchev–Trinajstić information content (AvgIpc) is 1.23. The number of ether oxygens (including phenoxy) is 1. The Labute approximate surface area is 487 Å². The first-order valence-corrected chi connectivity index (χ1v) is 23.9. The van der Waals surface area contributed by atoms with Crippen LogP contribution in [0.1, 0.15) is 53.7 Å². The smallest absolute Gasteiger partial charge is 0.135 e. The molecule has 370 valence electrons. The fourth-order valence-electron chi connectivity index (χ4n) is 9.66. The summed E-state index contributed by atoms with van der Waals surface area (Å²) in [5.41, 5.74) is 2.03. The van der Waals surface area contributed by atoms with Crippen molar-refractivity contribution in [1.82, 2.24) is 9.55 Å². The molecule has 6 heteroatoms. The molecular weight excluding hydrogens is 1110 g/mol. The Morgan fingerprint density at radius 1 is 0.500 bits per heavy atom. The van der Waals surface area contributed by atoms with Crippen molar-refractivity contribution in [3.63, 3.8) is 0 Å². The van der Waals surface area contributed by atoms with E-state index in [1.807, 2.05) is 47.0 Å². The quantitative estimate of drug-likeness (QED) is 0.128. The number of para-hydroxylation sites is 4. The van der Waals surface area contributed by atoms with Gasteiger partial charge in [-0.3, -0.25) is 0 Å². The van der Waals surface area contributed by atoms with Gasteiger partial charge in [0.05, 0.1) is 27.4 Å². The van der Waals surface area contributed by atoms with Crippen LogP contribution in [0.3, 0.4) is 0 Å². The number of rotatable bonds is 10. The summed E-state index contributed by atoms with van der Waals surface area (Å²) in [7, 11) is 0. The number of anilines is 4. The molecule has 0 radical (unpaired) electrons. The maximum atomic E-state index is 9.35. The van der Waals surface area contributed by atoms with Gasteiger partial charge in [-0.15, -0.1) is 53.6 Å². The van der Waals surface area contributed by atoms with Gasteiger partial charge in [0.25, 0.3) is 0 Å². The summed E-state index contributed by atoms with van der Waals surface area (Å²) in [6.07, 6.45) is 1.75. The predicted octanol–water partition coefficient (Wildman–Crippen LogP) is 18.6. The van der Waals surface area contributed by atoms with Crippen molar-refractivity contribution in [3.8, 4) is 73.0 Å². The zero-order valence-electron chi connectivity index (χ0n) is 60.7. The van der Waals surface area contributed by atoms with Crippen LogP contribution in [-0.4, -0.2) is 9.55 Å². The zero-order valence-corrected chi connectivity index (χ0v) is 43.0. The number of hydrogen-bond donors (Lipinski definition) is 0. The van der Waals surface area contributed by atoms with E-state index in [1.54, 1.807) is 65.1 Å². The van der Waals surface area contributed by atoms with Gasteiger partial charge in [0.15, 0.2) is 0 Å². The van der Waals surface area contributed by atoms with E-state index in [2.05, 4.69) is 32.9 Å². The summed E-state index contributed by atoms with van der Waals surface area (Å²) in [5.74, 6) is 0.712. The van der Waals surface area contributed by atoms with Gasteiger partial charge < -0.3 is 19.1 Å². The molecule has 0 saturated carbocycles. The SMILES string of the molecule is [2H]c1c([2H])c([2H])c(-c2cccc(-c3c([2H])c([2H])c([2H])c([2H])c3[2H])c2-c2cc(Oc3[c-]c4c(cc3)c3ccccc3n4-c3cc(C(C)(C)C)ccn3)[c-]c(N3[CH-]N(c4c(-c5c([2H])c([2H])c([2H])c([2H])c5[2H])cccc4-c4c([2H])c([2H])c([2H])c([2H])c4[2H])c4ccccc43)c2)c([2H])c1[2H].[Pt]. The van der Waals surface area contributed by atoms with Crippen molar-refractivity contribution in [2.75, 3.05) is 9.80 Å². The van der Waals surface area contributed by atoms with Gasteiger partial charge in [-0.05, 0) is 85.6 Å². The number of pyridine rings is 1. The Morgan fingerprint density at radius 3 is 1.63 bits per heavy atom. The minimum absolute atomic E-state index is 0. The minimum atomic E-state index is -0.681. The normalized spacial score (nSPS) is 15.9. The molecule has 0 saturated heterocycles. The van der Waals surface area contributed by atoms with Crippen LogP contribution in [0.4, 0.5) is 22.7 Å². The van der Waals surface area contributed by atoms with Crippen LogP contribution < -0.4 is 14.5 Å². The number of hydrogen-bond acceptors (Lipinski definition) is 4. The molecule has 5 nitrogen and oxygen atoms in total. The zero-order chi connectivity index (χ0) is 67.9. The maximum Gasteiger partial charge on any atom is 0.135 e. The molecular formula is C70H51N4OPt-3. The second-order valence-electron chi connectivity index (χ2n) is 18.6. The molecule has 0 atom stereocenters. The maximum absolute atomic E-state index is 9.35. The number of nitrogens with zero attached hydrogens (tertiary/aromatic N) is 4. The summed E-state index contributed by atoms with van der Waals surface area (Å²) < 4.78 is 188. The molecule has 0 N–H and O–H groups in total. The second-order valence-corrected chi connectivity index (χ2v) is 18.6. The molecule has 0 bridgehead atoms. The first-order valence-electron chi connectivity index (χ1n) is 33.9. The van der Waals surface area contributed by atoms with Crippen LogP contribution in [0, 0.1) is 18.8 Å². The van der Waals surface area contributed by atoms with Crippen molar-refractivity contribution >= 4 is 44.6 Å². The molecule has 0 unspecified atom stereocenters. The van der Waals surface area contributed by atoms with E-state index >= 15 is 0 Å². The van der Waals surface area contributed by atoms with Gasteiger partial charge in [0.2, 0.25) is 0 Å². The Bertz CT molecular complexity index is 5010. The fourth-order valence-corrected chi connectivity index (χ4v) is 9.66. The summed E-state index contributed by atoms with van der Waals surface area (Å²) >= 11 is 0.